The van der Waals surface area contributed by atoms with Crippen molar-refractivity contribution in [2.45, 2.75) is 6.54 Å². The summed E-state index contributed by atoms with van der Waals surface area (Å²) in [5, 5.41) is 5.13. The van der Waals surface area contributed by atoms with Crippen LogP contribution in [-0.2, 0) is 6.54 Å². The van der Waals surface area contributed by atoms with Crippen molar-refractivity contribution in [3.8, 4) is 11.4 Å². The molecule has 21 heavy (non-hydrogen) atoms. The molecular formula is C14H17N7. The van der Waals surface area contributed by atoms with E-state index in [1.807, 2.05) is 30.9 Å². The number of anilines is 1. The summed E-state index contributed by atoms with van der Waals surface area (Å²) in [7, 11) is 4.05. The molecule has 3 aromatic rings. The number of hydrogen-bond donors (Lipinski definition) is 1. The number of nitrogen functional groups attached to an aromatic ring is 1. The van der Waals surface area contributed by atoms with E-state index in [0.717, 1.165) is 29.7 Å². The molecular weight excluding hydrogens is 266 g/mol. The molecule has 0 unspecified atom stereocenters. The molecule has 0 spiro atoms. The second kappa shape index (κ2) is 5.45. The first-order valence-electron chi connectivity index (χ1n) is 6.69. The minimum Gasteiger partial charge on any atom is -0.383 e. The molecule has 7 nitrogen and oxygen atoms in total. The Morgan fingerprint density at radius 2 is 2.10 bits per heavy atom. The van der Waals surface area contributed by atoms with Crippen molar-refractivity contribution in [2.75, 3.05) is 26.4 Å². The van der Waals surface area contributed by atoms with Crippen LogP contribution in [0.25, 0.3) is 22.4 Å². The maximum atomic E-state index is 6.03. The lowest BCUT2D eigenvalue weighted by Crippen LogP contribution is -2.19. The number of nitrogens with zero attached hydrogens (tertiary/aromatic N) is 6. The molecule has 0 aliphatic carbocycles. The highest BCUT2D eigenvalue weighted by Crippen LogP contribution is 2.22. The minimum atomic E-state index is 0.440. The third-order valence-corrected chi connectivity index (χ3v) is 3.20. The van der Waals surface area contributed by atoms with Crippen molar-refractivity contribution in [2.24, 2.45) is 0 Å². The summed E-state index contributed by atoms with van der Waals surface area (Å²) in [5.41, 5.74) is 7.62. The first-order chi connectivity index (χ1) is 10.1. The molecule has 0 radical (unpaired) electrons. The summed E-state index contributed by atoms with van der Waals surface area (Å²) in [6.45, 7) is 1.63. The number of rotatable bonds is 4. The van der Waals surface area contributed by atoms with Gasteiger partial charge in [-0.2, -0.15) is 5.10 Å². The molecule has 3 heterocycles. The van der Waals surface area contributed by atoms with E-state index in [1.165, 1.54) is 0 Å². The molecule has 108 valence electrons. The predicted octanol–water partition coefficient (Wildman–Crippen LogP) is 1.03. The fourth-order valence-electron chi connectivity index (χ4n) is 2.06. The van der Waals surface area contributed by atoms with Crippen LogP contribution in [0.1, 0.15) is 0 Å². The van der Waals surface area contributed by atoms with E-state index >= 15 is 0 Å². The monoisotopic (exact) mass is 283 g/mol. The van der Waals surface area contributed by atoms with E-state index in [4.69, 9.17) is 5.73 Å². The molecule has 0 aliphatic heterocycles. The van der Waals surface area contributed by atoms with Gasteiger partial charge >= 0.3 is 0 Å². The van der Waals surface area contributed by atoms with Crippen LogP contribution < -0.4 is 5.73 Å². The van der Waals surface area contributed by atoms with E-state index in [1.54, 1.807) is 18.6 Å². The Morgan fingerprint density at radius 3 is 2.81 bits per heavy atom. The van der Waals surface area contributed by atoms with Gasteiger partial charge in [-0.1, -0.05) is 0 Å². The van der Waals surface area contributed by atoms with Gasteiger partial charge in [0.05, 0.1) is 18.1 Å². The Morgan fingerprint density at radius 1 is 1.24 bits per heavy atom. The molecule has 0 fully saturated rings. The van der Waals surface area contributed by atoms with E-state index < -0.39 is 0 Å². The van der Waals surface area contributed by atoms with Crippen LogP contribution in [0.2, 0.25) is 0 Å². The largest absolute Gasteiger partial charge is 0.383 e. The first-order valence-corrected chi connectivity index (χ1v) is 6.69. The van der Waals surface area contributed by atoms with E-state index in [2.05, 4.69) is 25.0 Å². The van der Waals surface area contributed by atoms with Crippen LogP contribution in [0.5, 0.6) is 0 Å². The Balaban J connectivity index is 2.06. The molecule has 3 aromatic heterocycles. The molecule has 2 N–H and O–H groups in total. The summed E-state index contributed by atoms with van der Waals surface area (Å²) in [5.74, 6) is 1.01. The van der Waals surface area contributed by atoms with Crippen LogP contribution in [0, 0.1) is 0 Å². The Hall–Kier alpha value is -2.54. The van der Waals surface area contributed by atoms with Crippen molar-refractivity contribution >= 4 is 16.9 Å². The lowest BCUT2D eigenvalue weighted by atomic mass is 10.2. The van der Waals surface area contributed by atoms with Crippen molar-refractivity contribution < 1.29 is 0 Å². The van der Waals surface area contributed by atoms with Gasteiger partial charge in [-0.15, -0.1) is 0 Å². The average molecular weight is 283 g/mol. The van der Waals surface area contributed by atoms with Crippen molar-refractivity contribution in [3.05, 3.63) is 30.7 Å². The maximum Gasteiger partial charge on any atom is 0.165 e. The lowest BCUT2D eigenvalue weighted by Gasteiger charge is -2.10. The number of likely N-dealkylation sites (N-methyl/N-ethyl adjacent to an activating group) is 1. The lowest BCUT2D eigenvalue weighted by molar-refractivity contribution is 0.376. The van der Waals surface area contributed by atoms with Gasteiger partial charge in [-0.3, -0.25) is 4.98 Å². The molecule has 0 atom stereocenters. The van der Waals surface area contributed by atoms with Crippen LogP contribution in [-0.4, -0.2) is 50.3 Å². The minimum absolute atomic E-state index is 0.440. The van der Waals surface area contributed by atoms with Crippen molar-refractivity contribution in [1.82, 2.24) is 29.6 Å². The number of pyridine rings is 1. The molecule has 0 saturated carbocycles. The van der Waals surface area contributed by atoms with Gasteiger partial charge in [0.25, 0.3) is 0 Å². The van der Waals surface area contributed by atoms with Crippen LogP contribution >= 0.6 is 0 Å². The van der Waals surface area contributed by atoms with Gasteiger partial charge in [0.15, 0.2) is 11.5 Å². The topological polar surface area (TPSA) is 85.8 Å². The molecule has 3 rings (SSSR count). The zero-order chi connectivity index (χ0) is 14.8. The summed E-state index contributed by atoms with van der Waals surface area (Å²) in [4.78, 5) is 15.1. The van der Waals surface area contributed by atoms with Crippen LogP contribution in [0.15, 0.2) is 30.7 Å². The van der Waals surface area contributed by atoms with Crippen molar-refractivity contribution in [3.63, 3.8) is 0 Å². The van der Waals surface area contributed by atoms with Gasteiger partial charge in [-0.05, 0) is 26.2 Å². The smallest absolute Gasteiger partial charge is 0.165 e. The Bertz CT molecular complexity index is 749. The second-order valence-corrected chi connectivity index (χ2v) is 5.08. The summed E-state index contributed by atoms with van der Waals surface area (Å²) in [6.07, 6.45) is 5.15. The Kier molecular flexibility index (Phi) is 3.49. The van der Waals surface area contributed by atoms with Crippen LogP contribution in [0.3, 0.4) is 0 Å². The quantitative estimate of drug-likeness (QED) is 0.769. The fraction of sp³-hybridized carbons (Fsp3) is 0.286. The van der Waals surface area contributed by atoms with E-state index in [-0.39, 0.29) is 0 Å². The van der Waals surface area contributed by atoms with Gasteiger partial charge in [-0.25, -0.2) is 14.6 Å². The fourth-order valence-corrected chi connectivity index (χ4v) is 2.06. The highest BCUT2D eigenvalue weighted by atomic mass is 15.3. The molecule has 7 heteroatoms. The zero-order valence-electron chi connectivity index (χ0n) is 12.1. The van der Waals surface area contributed by atoms with E-state index in [0.29, 0.717) is 11.6 Å². The number of fused-ring (bicyclic) bond motifs is 1. The standard InChI is InChI=1S/C14H17N7/c1-20(2)6-7-21-14-11(9-17-21)12(15)18-13(19-14)10-4-3-5-16-8-10/h3-5,8-9H,6-7H2,1-2H3,(H2,15,18,19). The zero-order valence-corrected chi connectivity index (χ0v) is 12.1. The predicted molar refractivity (Wildman–Crippen MR) is 81.5 cm³/mol. The molecule has 0 saturated heterocycles. The third kappa shape index (κ3) is 2.68. The number of nitrogens with two attached hydrogens (primary N) is 1. The number of aromatic nitrogens is 5. The summed E-state index contributed by atoms with van der Waals surface area (Å²) >= 11 is 0. The Labute approximate surface area is 122 Å². The van der Waals surface area contributed by atoms with Crippen molar-refractivity contribution in [1.29, 1.82) is 0 Å². The van der Waals surface area contributed by atoms with E-state index in [9.17, 15) is 0 Å². The van der Waals surface area contributed by atoms with Gasteiger partial charge < -0.3 is 10.6 Å². The van der Waals surface area contributed by atoms with Gasteiger partial charge in [0, 0.05) is 24.5 Å². The van der Waals surface area contributed by atoms with Gasteiger partial charge in [0.1, 0.15) is 5.82 Å². The maximum absolute atomic E-state index is 6.03. The molecule has 0 amide bonds. The highest BCUT2D eigenvalue weighted by molar-refractivity contribution is 5.86. The molecule has 0 bridgehead atoms. The molecule has 0 aliphatic rings. The second-order valence-electron chi connectivity index (χ2n) is 5.08. The summed E-state index contributed by atoms with van der Waals surface area (Å²) in [6, 6.07) is 3.76. The first kappa shape index (κ1) is 13.4. The number of hydrogen-bond acceptors (Lipinski definition) is 6. The highest BCUT2D eigenvalue weighted by Gasteiger charge is 2.12. The SMILES string of the molecule is CN(C)CCn1ncc2c(N)nc(-c3cccnc3)nc21. The van der Waals surface area contributed by atoms with Gasteiger partial charge in [0.2, 0.25) is 0 Å². The average Bonchev–Trinajstić information content (AvgIpc) is 2.89. The summed E-state index contributed by atoms with van der Waals surface area (Å²) < 4.78 is 1.85. The normalized spacial score (nSPS) is 11.4. The molecule has 0 aromatic carbocycles. The van der Waals surface area contributed by atoms with Crippen LogP contribution in [0.4, 0.5) is 5.82 Å². The third-order valence-electron chi connectivity index (χ3n) is 3.20.